The third kappa shape index (κ3) is 8.62. The number of esters is 2. The fraction of sp³-hybridized carbons (Fsp3) is 0.654. The summed E-state index contributed by atoms with van der Waals surface area (Å²) in [7, 11) is -3.95. The van der Waals surface area contributed by atoms with Crippen molar-refractivity contribution in [3.05, 3.63) is 16.7 Å². The summed E-state index contributed by atoms with van der Waals surface area (Å²) in [6, 6.07) is -2.11. The Kier molecular flexibility index (Phi) is 11.9. The van der Waals surface area contributed by atoms with Gasteiger partial charge in [-0.3, -0.25) is 28.5 Å². The number of aromatic nitrogens is 4. The highest BCUT2D eigenvalue weighted by atomic mass is 31.2. The molecule has 43 heavy (non-hydrogen) atoms. The lowest BCUT2D eigenvalue weighted by Gasteiger charge is -2.30. The summed E-state index contributed by atoms with van der Waals surface area (Å²) in [6.45, 7) is 7.19. The topological polar surface area (TPSA) is 222 Å². The Morgan fingerprint density at radius 1 is 1.26 bits per heavy atom. The van der Waals surface area contributed by atoms with Gasteiger partial charge in [0.05, 0.1) is 19.5 Å². The van der Waals surface area contributed by atoms with E-state index in [2.05, 4.69) is 31.0 Å². The lowest BCUT2D eigenvalue weighted by molar-refractivity contribution is -0.193. The molecule has 16 nitrogen and oxygen atoms in total. The molecular formula is C26H40N7O9P. The highest BCUT2D eigenvalue weighted by Gasteiger charge is 2.49. The van der Waals surface area contributed by atoms with E-state index in [-0.39, 0.29) is 36.7 Å². The summed E-state index contributed by atoms with van der Waals surface area (Å²) in [5.41, 5.74) is 5.08. The molecule has 0 spiro atoms. The second-order valence-electron chi connectivity index (χ2n) is 10.2. The Balaban J connectivity index is 1.81. The van der Waals surface area contributed by atoms with Gasteiger partial charge in [0.1, 0.15) is 24.5 Å². The van der Waals surface area contributed by atoms with Crippen molar-refractivity contribution < 1.29 is 38.2 Å². The van der Waals surface area contributed by atoms with E-state index < -0.39 is 61.5 Å². The molecule has 17 heteroatoms. The Morgan fingerprint density at radius 3 is 2.37 bits per heavy atom. The van der Waals surface area contributed by atoms with Crippen molar-refractivity contribution in [2.45, 2.75) is 90.0 Å². The first-order valence-corrected chi connectivity index (χ1v) is 15.9. The van der Waals surface area contributed by atoms with Crippen molar-refractivity contribution in [3.63, 3.8) is 0 Å². The van der Waals surface area contributed by atoms with Crippen LogP contribution in [0.15, 0.2) is 11.1 Å². The van der Waals surface area contributed by atoms with Gasteiger partial charge in [0, 0.05) is 6.42 Å². The molecule has 1 aliphatic heterocycles. The molecule has 5 atom stereocenters. The number of unbranched alkanes of at least 4 members (excludes halogenated alkanes) is 2. The van der Waals surface area contributed by atoms with Crippen molar-refractivity contribution in [2.75, 3.05) is 25.3 Å². The second kappa shape index (κ2) is 14.9. The third-order valence-electron chi connectivity index (χ3n) is 6.54. The molecule has 1 saturated heterocycles. The number of rotatable bonds is 16. The van der Waals surface area contributed by atoms with Crippen LogP contribution in [0.4, 0.5) is 5.95 Å². The molecule has 0 aromatic carbocycles. The van der Waals surface area contributed by atoms with Crippen LogP contribution >= 0.6 is 7.44 Å². The fourth-order valence-electron chi connectivity index (χ4n) is 4.22. The fourth-order valence-corrected chi connectivity index (χ4v) is 6.30. The molecule has 0 radical (unpaired) electrons. The lowest BCUT2D eigenvalue weighted by Crippen LogP contribution is -2.44. The number of carbonyl (C=O) groups is 2. The third-order valence-corrected chi connectivity index (χ3v) is 8.64. The van der Waals surface area contributed by atoms with Gasteiger partial charge in [-0.2, -0.15) is 4.98 Å². The highest BCUT2D eigenvalue weighted by Crippen LogP contribution is 2.44. The zero-order chi connectivity index (χ0) is 31.8. The Bertz CT molecular complexity index is 1390. The summed E-state index contributed by atoms with van der Waals surface area (Å²) in [5.74, 6) is -1.02. The van der Waals surface area contributed by atoms with Crippen LogP contribution in [0.25, 0.3) is 11.2 Å². The van der Waals surface area contributed by atoms with Gasteiger partial charge in [0.2, 0.25) is 19.2 Å². The van der Waals surface area contributed by atoms with Gasteiger partial charge in [0.25, 0.3) is 5.56 Å². The predicted octanol–water partition coefficient (Wildman–Crippen LogP) is 1.12. The molecule has 0 saturated carbocycles. The minimum absolute atomic E-state index is 0.0398. The summed E-state index contributed by atoms with van der Waals surface area (Å²) < 4.78 is 37.7. The smallest absolute Gasteiger partial charge is 0.323 e. The number of hydrogen-bond donors (Lipinski definition) is 5. The van der Waals surface area contributed by atoms with E-state index in [0.29, 0.717) is 12.8 Å². The number of nitrogens with zero attached hydrogens (tertiary/aromatic N) is 3. The zero-order valence-corrected chi connectivity index (χ0v) is 25.6. The molecule has 2 aromatic heterocycles. The van der Waals surface area contributed by atoms with E-state index in [0.717, 1.165) is 12.8 Å². The number of nitrogens with two attached hydrogens (primary N) is 1. The van der Waals surface area contributed by atoms with Gasteiger partial charge in [-0.25, -0.2) is 15.2 Å². The van der Waals surface area contributed by atoms with Gasteiger partial charge < -0.3 is 29.8 Å². The number of ether oxygens (including phenoxy) is 4. The molecule has 3 unspecified atom stereocenters. The van der Waals surface area contributed by atoms with E-state index in [4.69, 9.17) is 31.1 Å². The largest absolute Gasteiger partial charge is 0.465 e. The van der Waals surface area contributed by atoms with Crippen LogP contribution in [0, 0.1) is 12.3 Å². The van der Waals surface area contributed by atoms with Crippen molar-refractivity contribution >= 4 is 36.5 Å². The average Bonchev–Trinajstić information content (AvgIpc) is 3.53. The molecule has 0 amide bonds. The first-order valence-electron chi connectivity index (χ1n) is 14.0. The van der Waals surface area contributed by atoms with Crippen LogP contribution in [0.2, 0.25) is 0 Å². The summed E-state index contributed by atoms with van der Waals surface area (Å²) in [6.07, 6.45) is 6.55. The monoisotopic (exact) mass is 625 g/mol. The second-order valence-corrected chi connectivity index (χ2v) is 12.5. The first kappa shape index (κ1) is 34.2. The number of H-pyrrole nitrogens is 1. The molecule has 2 aromatic rings. The number of aromatic amines is 1. The van der Waals surface area contributed by atoms with Crippen molar-refractivity contribution in [1.82, 2.24) is 29.7 Å². The molecule has 1 fully saturated rings. The molecule has 1 aliphatic rings. The average molecular weight is 626 g/mol. The number of fused-ring (bicyclic) bond motifs is 1. The minimum Gasteiger partial charge on any atom is -0.465 e. The molecule has 6 N–H and O–H groups in total. The Labute approximate surface area is 248 Å². The number of nitrogens with one attached hydrogen (secondary N) is 3. The van der Waals surface area contributed by atoms with Gasteiger partial charge in [0.15, 0.2) is 17.4 Å². The maximum atomic E-state index is 14.1. The number of hydrogen-bond acceptors (Lipinski definition) is 12. The highest BCUT2D eigenvalue weighted by molar-refractivity contribution is 7.59. The van der Waals surface area contributed by atoms with Crippen LogP contribution < -0.4 is 21.5 Å². The van der Waals surface area contributed by atoms with E-state index >= 15 is 0 Å². The quantitative estimate of drug-likeness (QED) is 0.0764. The SMILES string of the molecule is C#CC1(OCP(=O)(N[C@@H](C)C(=O)OCCCC)N[C@@H](C)C(=O)OCCCC)CC(O)C(n2cnc3c(=O)[nH]c(N)nc32)O1. The molecule has 3 rings (SSSR count). The van der Waals surface area contributed by atoms with Crippen LogP contribution in [0.5, 0.6) is 0 Å². The predicted molar refractivity (Wildman–Crippen MR) is 155 cm³/mol. The molecular weight excluding hydrogens is 585 g/mol. The van der Waals surface area contributed by atoms with Gasteiger partial charge in [-0.05, 0) is 32.6 Å². The lowest BCUT2D eigenvalue weighted by atomic mass is 10.1. The minimum atomic E-state index is -3.95. The maximum Gasteiger partial charge on any atom is 0.323 e. The summed E-state index contributed by atoms with van der Waals surface area (Å²) >= 11 is 0. The van der Waals surface area contributed by atoms with E-state index in [1.165, 1.54) is 24.7 Å². The standard InChI is InChI=1S/C26H40N7O9P/c1-6-9-11-39-23(36)16(4)31-43(38,32-17(5)24(37)40-12-10-7-2)15-41-26(8-3)13-18(34)22(42-26)33-14-28-19-20(33)29-25(27)30-21(19)35/h3,14,16-18,22,34H,6-7,9-13,15H2,1-2,4-5H3,(H2,31,32,38)(H3,27,29,30,35)/t16-,17-,18?,22?,26?/m0/s1. The van der Waals surface area contributed by atoms with Crippen molar-refractivity contribution in [2.24, 2.45) is 0 Å². The number of terminal acetylenes is 1. The number of imidazole rings is 1. The van der Waals surface area contributed by atoms with Gasteiger partial charge in [-0.15, -0.1) is 6.42 Å². The van der Waals surface area contributed by atoms with Crippen LogP contribution in [0.3, 0.4) is 0 Å². The van der Waals surface area contributed by atoms with Crippen molar-refractivity contribution in [1.29, 1.82) is 0 Å². The number of nitrogen functional groups attached to an aromatic ring is 1. The van der Waals surface area contributed by atoms with Crippen LogP contribution in [-0.4, -0.2) is 80.1 Å². The van der Waals surface area contributed by atoms with Crippen LogP contribution in [-0.2, 0) is 33.1 Å². The molecule has 238 valence electrons. The molecule has 3 heterocycles. The Hall–Kier alpha value is -3.32. The number of aliphatic hydroxyl groups excluding tert-OH is 1. The first-order chi connectivity index (χ1) is 20.4. The van der Waals surface area contributed by atoms with Crippen LogP contribution in [0.1, 0.15) is 66.0 Å². The molecule has 0 aliphatic carbocycles. The summed E-state index contributed by atoms with van der Waals surface area (Å²) in [4.78, 5) is 47.7. The van der Waals surface area contributed by atoms with Gasteiger partial charge in [-0.1, -0.05) is 26.7 Å². The van der Waals surface area contributed by atoms with Gasteiger partial charge >= 0.3 is 11.9 Å². The molecule has 0 bridgehead atoms. The normalized spacial score (nSPS) is 21.8. The number of carbonyl (C=O) groups excluding carboxylic acids is 2. The van der Waals surface area contributed by atoms with Crippen molar-refractivity contribution in [3.8, 4) is 12.3 Å². The summed E-state index contributed by atoms with van der Waals surface area (Å²) in [5, 5.41) is 16.3. The number of aliphatic hydroxyl groups is 1. The van der Waals surface area contributed by atoms with E-state index in [1.54, 1.807) is 0 Å². The Morgan fingerprint density at radius 2 is 1.84 bits per heavy atom. The van der Waals surface area contributed by atoms with E-state index in [9.17, 15) is 24.1 Å². The zero-order valence-electron chi connectivity index (χ0n) is 24.7. The van der Waals surface area contributed by atoms with E-state index in [1.807, 2.05) is 13.8 Å². The number of anilines is 1. The maximum absolute atomic E-state index is 14.1.